The van der Waals surface area contributed by atoms with Crippen molar-refractivity contribution in [2.75, 3.05) is 5.32 Å². The van der Waals surface area contributed by atoms with Crippen molar-refractivity contribution in [3.63, 3.8) is 0 Å². The van der Waals surface area contributed by atoms with Gasteiger partial charge in [0.2, 0.25) is 15.9 Å². The van der Waals surface area contributed by atoms with Crippen molar-refractivity contribution in [2.24, 2.45) is 5.92 Å². The number of sulfonamides is 1. The Hall–Kier alpha value is -2.30. The van der Waals surface area contributed by atoms with E-state index in [-0.39, 0.29) is 28.8 Å². The molecule has 5 rings (SSSR count). The normalized spacial score (nSPS) is 19.4. The molecule has 1 aromatic carbocycles. The summed E-state index contributed by atoms with van der Waals surface area (Å²) in [5, 5.41) is 3.16. The topological polar surface area (TPSA) is 108 Å². The fourth-order valence-electron chi connectivity index (χ4n) is 4.62. The molecule has 0 saturated heterocycles. The maximum atomic E-state index is 13.4. The zero-order chi connectivity index (χ0) is 23.5. The summed E-state index contributed by atoms with van der Waals surface area (Å²) in [5.41, 5.74) is 2.42. The molecule has 3 aliphatic rings. The monoisotopic (exact) mass is 488 g/mol. The van der Waals surface area contributed by atoms with E-state index in [4.69, 9.17) is 0 Å². The Bertz CT molecular complexity index is 1250. The number of nitrogens with one attached hydrogen (secondary N) is 2. The number of benzene rings is 1. The van der Waals surface area contributed by atoms with E-state index in [2.05, 4.69) is 21.9 Å². The number of fused-ring (bicyclic) bond motifs is 1. The van der Waals surface area contributed by atoms with Crippen LogP contribution < -0.4 is 10.0 Å². The number of carbonyl (C=O) groups excluding carboxylic acids is 2. The summed E-state index contributed by atoms with van der Waals surface area (Å²) in [5.74, 6) is 0.0669. The number of hydrogen-bond donors (Lipinski definition) is 2. The smallest absolute Gasteiger partial charge is 0.256 e. The van der Waals surface area contributed by atoms with Gasteiger partial charge in [0.25, 0.3) is 5.91 Å². The molecule has 2 heterocycles. The molecule has 2 aromatic rings. The molecular weight excluding hydrogens is 460 g/mol. The highest BCUT2D eigenvalue weighted by molar-refractivity contribution is 7.89. The molecule has 0 spiro atoms. The SMILES string of the molecule is CC(=O)Nc1nc(C)c(-c2cc3c(c(S(=O)(=O)NC4CCC4)c2)C(=O)N(C(C)C2CC2)C3)s1. The Morgan fingerprint density at radius 2 is 1.97 bits per heavy atom. The average Bonchev–Trinajstić information content (AvgIpc) is 3.43. The molecule has 2 N–H and O–H groups in total. The standard InChI is InChI=1S/C23H28N4O4S2/c1-12-21(32-23(24-12)25-14(3)28)16-9-17-11-27(13(2)15-7-8-15)22(29)20(17)19(10-16)33(30,31)26-18-5-4-6-18/h9-10,13,15,18,26H,4-8,11H2,1-3H3,(H,24,25,28). The highest BCUT2D eigenvalue weighted by Crippen LogP contribution is 2.42. The van der Waals surface area contributed by atoms with E-state index in [1.54, 1.807) is 6.07 Å². The van der Waals surface area contributed by atoms with Crippen LogP contribution in [0, 0.1) is 12.8 Å². The van der Waals surface area contributed by atoms with Gasteiger partial charge in [0.1, 0.15) is 0 Å². The van der Waals surface area contributed by atoms with Crippen molar-refractivity contribution in [1.82, 2.24) is 14.6 Å². The largest absolute Gasteiger partial charge is 0.331 e. The van der Waals surface area contributed by atoms with Gasteiger partial charge < -0.3 is 10.2 Å². The minimum Gasteiger partial charge on any atom is -0.331 e. The third-order valence-electron chi connectivity index (χ3n) is 6.85. The van der Waals surface area contributed by atoms with Gasteiger partial charge in [-0.05, 0) is 68.7 Å². The minimum atomic E-state index is -3.87. The molecule has 2 saturated carbocycles. The maximum absolute atomic E-state index is 13.4. The van der Waals surface area contributed by atoms with E-state index in [9.17, 15) is 18.0 Å². The minimum absolute atomic E-state index is 0.0475. The second-order valence-corrected chi connectivity index (χ2v) is 12.1. The summed E-state index contributed by atoms with van der Waals surface area (Å²) in [7, 11) is -3.87. The van der Waals surface area contributed by atoms with E-state index in [1.807, 2.05) is 17.9 Å². The quantitative estimate of drug-likeness (QED) is 0.618. The number of hydrogen-bond acceptors (Lipinski definition) is 6. The maximum Gasteiger partial charge on any atom is 0.256 e. The summed E-state index contributed by atoms with van der Waals surface area (Å²) in [6.45, 7) is 5.71. The Morgan fingerprint density at radius 1 is 1.24 bits per heavy atom. The molecule has 10 heteroatoms. The van der Waals surface area contributed by atoms with Crippen LogP contribution in [0.1, 0.15) is 67.6 Å². The summed E-state index contributed by atoms with van der Waals surface area (Å²) in [4.78, 5) is 32.0. The van der Waals surface area contributed by atoms with Crippen molar-refractivity contribution in [2.45, 2.75) is 76.4 Å². The van der Waals surface area contributed by atoms with Crippen molar-refractivity contribution in [3.8, 4) is 10.4 Å². The van der Waals surface area contributed by atoms with Crippen LogP contribution in [0.2, 0.25) is 0 Å². The first-order valence-corrected chi connectivity index (χ1v) is 13.7. The third-order valence-corrected chi connectivity index (χ3v) is 9.52. The van der Waals surface area contributed by atoms with E-state index in [0.29, 0.717) is 34.4 Å². The fourth-order valence-corrected chi connectivity index (χ4v) is 7.19. The van der Waals surface area contributed by atoms with Crippen molar-refractivity contribution in [3.05, 3.63) is 29.0 Å². The lowest BCUT2D eigenvalue weighted by Gasteiger charge is -2.26. The van der Waals surface area contributed by atoms with Gasteiger partial charge in [-0.2, -0.15) is 0 Å². The predicted molar refractivity (Wildman–Crippen MR) is 127 cm³/mol. The number of carbonyl (C=O) groups is 2. The molecule has 1 atom stereocenters. The third kappa shape index (κ3) is 4.20. The Kier molecular flexibility index (Phi) is 5.57. The van der Waals surface area contributed by atoms with Crippen molar-refractivity contribution in [1.29, 1.82) is 0 Å². The number of nitrogens with zero attached hydrogens (tertiary/aromatic N) is 2. The zero-order valence-electron chi connectivity index (χ0n) is 19.0. The van der Waals surface area contributed by atoms with Crippen LogP contribution in [0.5, 0.6) is 0 Å². The molecule has 2 aliphatic carbocycles. The first-order valence-electron chi connectivity index (χ1n) is 11.4. The Balaban J connectivity index is 1.60. The Labute approximate surface area is 197 Å². The summed E-state index contributed by atoms with van der Waals surface area (Å²) >= 11 is 1.30. The van der Waals surface area contributed by atoms with Crippen LogP contribution in [-0.4, -0.2) is 42.2 Å². The van der Waals surface area contributed by atoms with Gasteiger partial charge in [-0.25, -0.2) is 18.1 Å². The van der Waals surface area contributed by atoms with Crippen molar-refractivity contribution < 1.29 is 18.0 Å². The lowest BCUT2D eigenvalue weighted by atomic mass is 9.94. The number of anilines is 1. The first-order chi connectivity index (χ1) is 15.6. The van der Waals surface area contributed by atoms with E-state index in [0.717, 1.165) is 42.5 Å². The van der Waals surface area contributed by atoms with E-state index in [1.165, 1.54) is 18.3 Å². The van der Waals surface area contributed by atoms with Crippen LogP contribution in [0.3, 0.4) is 0 Å². The first kappa shape index (κ1) is 22.5. The van der Waals surface area contributed by atoms with Gasteiger partial charge in [-0.3, -0.25) is 9.59 Å². The molecule has 8 nitrogen and oxygen atoms in total. The summed E-state index contributed by atoms with van der Waals surface area (Å²) in [6, 6.07) is 3.51. The molecule has 0 bridgehead atoms. The van der Waals surface area contributed by atoms with Gasteiger partial charge in [0.05, 0.1) is 21.0 Å². The number of amides is 2. The predicted octanol–water partition coefficient (Wildman–Crippen LogP) is 3.66. The lowest BCUT2D eigenvalue weighted by molar-refractivity contribution is -0.114. The zero-order valence-corrected chi connectivity index (χ0v) is 20.6. The van der Waals surface area contributed by atoms with Crippen LogP contribution in [0.25, 0.3) is 10.4 Å². The molecule has 1 unspecified atom stereocenters. The molecule has 176 valence electrons. The van der Waals surface area contributed by atoms with E-state index >= 15 is 0 Å². The van der Waals surface area contributed by atoms with Gasteiger partial charge in [-0.1, -0.05) is 17.8 Å². The van der Waals surface area contributed by atoms with Crippen LogP contribution >= 0.6 is 11.3 Å². The number of aryl methyl sites for hydroxylation is 1. The number of thiazole rings is 1. The average molecular weight is 489 g/mol. The molecule has 0 radical (unpaired) electrons. The molecule has 33 heavy (non-hydrogen) atoms. The molecule has 1 aromatic heterocycles. The van der Waals surface area contributed by atoms with Gasteiger partial charge in [0, 0.05) is 25.6 Å². The van der Waals surface area contributed by atoms with Crippen LogP contribution in [-0.2, 0) is 21.4 Å². The molecule has 1 aliphatic heterocycles. The van der Waals surface area contributed by atoms with Gasteiger partial charge in [-0.15, -0.1) is 0 Å². The number of rotatable bonds is 7. The van der Waals surface area contributed by atoms with Gasteiger partial charge in [0.15, 0.2) is 5.13 Å². The fraction of sp³-hybridized carbons (Fsp3) is 0.522. The van der Waals surface area contributed by atoms with Crippen LogP contribution in [0.15, 0.2) is 17.0 Å². The molecule has 2 fully saturated rings. The second-order valence-electron chi connectivity index (χ2n) is 9.38. The van der Waals surface area contributed by atoms with Crippen LogP contribution in [0.4, 0.5) is 5.13 Å². The van der Waals surface area contributed by atoms with Gasteiger partial charge >= 0.3 is 0 Å². The second kappa shape index (κ2) is 8.18. The highest BCUT2D eigenvalue weighted by Gasteiger charge is 2.42. The highest BCUT2D eigenvalue weighted by atomic mass is 32.2. The number of aromatic nitrogens is 1. The molecule has 2 amide bonds. The summed E-state index contributed by atoms with van der Waals surface area (Å²) < 4.78 is 29.7. The Morgan fingerprint density at radius 3 is 2.58 bits per heavy atom. The van der Waals surface area contributed by atoms with Crippen molar-refractivity contribution >= 4 is 38.3 Å². The van der Waals surface area contributed by atoms with E-state index < -0.39 is 10.0 Å². The lowest BCUT2D eigenvalue weighted by Crippen LogP contribution is -2.40. The molecular formula is C23H28N4O4S2. The summed E-state index contributed by atoms with van der Waals surface area (Å²) in [6.07, 6.45) is 4.84.